The van der Waals surface area contributed by atoms with Crippen molar-refractivity contribution in [2.24, 2.45) is 0 Å². The van der Waals surface area contributed by atoms with Gasteiger partial charge in [-0.3, -0.25) is 9.78 Å². The van der Waals surface area contributed by atoms with E-state index in [0.29, 0.717) is 5.39 Å². The van der Waals surface area contributed by atoms with Gasteiger partial charge < -0.3 is 4.90 Å². The number of nitrogens with zero attached hydrogens (tertiary/aromatic N) is 4. The fraction of sp³-hybridized carbons (Fsp3) is 0.148. The van der Waals surface area contributed by atoms with Crippen LogP contribution < -0.4 is 0 Å². The van der Waals surface area contributed by atoms with Crippen LogP contribution in [0.4, 0.5) is 13.2 Å². The number of fused-ring (bicyclic) bond motifs is 1. The largest absolute Gasteiger partial charge is 0.416 e. The predicted octanol–water partition coefficient (Wildman–Crippen LogP) is 5.42. The smallest absolute Gasteiger partial charge is 0.382 e. The monoisotopic (exact) mass is 538 g/mol. The van der Waals surface area contributed by atoms with Gasteiger partial charge in [0, 0.05) is 37.4 Å². The lowest BCUT2D eigenvalue weighted by Crippen LogP contribution is -2.20. The molecule has 2 aromatic heterocycles. The summed E-state index contributed by atoms with van der Waals surface area (Å²) in [5, 5.41) is 9.92. The summed E-state index contributed by atoms with van der Waals surface area (Å²) in [5.74, 6) is -0.827. The molecule has 0 amide bonds. The summed E-state index contributed by atoms with van der Waals surface area (Å²) < 4.78 is 68.4. The summed E-state index contributed by atoms with van der Waals surface area (Å²) in [4.78, 5) is 18.8. The predicted molar refractivity (Wildman–Crippen MR) is 136 cm³/mol. The zero-order valence-corrected chi connectivity index (χ0v) is 21.3. The van der Waals surface area contributed by atoms with E-state index < -0.39 is 27.5 Å². The first-order valence-corrected chi connectivity index (χ1v) is 12.6. The molecular formula is C27H21F3N4O3S. The third-order valence-corrected chi connectivity index (χ3v) is 7.43. The Morgan fingerprint density at radius 3 is 2.34 bits per heavy atom. The number of aryl methyl sites for hydroxylation is 1. The number of nitriles is 1. The van der Waals surface area contributed by atoms with Crippen LogP contribution in [0, 0.1) is 18.3 Å². The van der Waals surface area contributed by atoms with Crippen molar-refractivity contribution in [2.75, 3.05) is 14.1 Å². The summed E-state index contributed by atoms with van der Waals surface area (Å²) in [6.45, 7) is 1.79. The van der Waals surface area contributed by atoms with Gasteiger partial charge in [0.1, 0.15) is 17.3 Å². The second-order valence-electron chi connectivity index (χ2n) is 8.76. The van der Waals surface area contributed by atoms with Crippen LogP contribution in [0.15, 0.2) is 83.5 Å². The second kappa shape index (κ2) is 9.79. The molecule has 4 aromatic rings. The molecule has 0 N–H and O–H groups in total. The summed E-state index contributed by atoms with van der Waals surface area (Å²) in [6, 6.07) is 15.2. The first-order valence-electron chi connectivity index (χ1n) is 11.2. The van der Waals surface area contributed by atoms with E-state index in [0.717, 1.165) is 27.9 Å². The van der Waals surface area contributed by atoms with E-state index in [2.05, 4.69) is 4.98 Å². The molecule has 11 heteroatoms. The van der Waals surface area contributed by atoms with Gasteiger partial charge in [0.2, 0.25) is 5.78 Å². The normalized spacial score (nSPS) is 12.4. The molecule has 2 aromatic carbocycles. The molecule has 7 nitrogen and oxygen atoms in total. The number of alkyl halides is 3. The molecule has 0 saturated carbocycles. The fourth-order valence-corrected chi connectivity index (χ4v) is 5.37. The molecule has 0 fully saturated rings. The zero-order chi connectivity index (χ0) is 27.8. The quantitative estimate of drug-likeness (QED) is 0.185. The van der Waals surface area contributed by atoms with E-state index >= 15 is 0 Å². The van der Waals surface area contributed by atoms with Gasteiger partial charge in [0.15, 0.2) is 0 Å². The highest BCUT2D eigenvalue weighted by Crippen LogP contribution is 2.34. The third-order valence-electron chi connectivity index (χ3n) is 5.69. The second-order valence-corrected chi connectivity index (χ2v) is 10.5. The highest BCUT2D eigenvalue weighted by atomic mass is 32.2. The lowest BCUT2D eigenvalue weighted by Gasteiger charge is -2.13. The summed E-state index contributed by atoms with van der Waals surface area (Å²) >= 11 is 0. The number of pyridine rings is 1. The van der Waals surface area contributed by atoms with Crippen molar-refractivity contribution in [2.45, 2.75) is 18.0 Å². The lowest BCUT2D eigenvalue weighted by molar-refractivity contribution is -0.137. The number of hydrogen-bond acceptors (Lipinski definition) is 6. The molecule has 4 rings (SSSR count). The summed E-state index contributed by atoms with van der Waals surface area (Å²) in [5.41, 5.74) is -0.439. The molecule has 194 valence electrons. The standard InChI is InChI=1S/C27H21F3N4O3S/c1-17-4-8-22(9-5-17)38(36,37)34-24-12-18(23-14-21(10-11-32-23)27(28,29)30)6-7-19(24)13-25(34)26(35)20(15-31)16-33(2)3/h4-14,16H,1-3H3/b20-16-. The Kier molecular flexibility index (Phi) is 6.86. The third kappa shape index (κ3) is 5.03. The maximum atomic E-state index is 13.8. The lowest BCUT2D eigenvalue weighted by atomic mass is 10.1. The summed E-state index contributed by atoms with van der Waals surface area (Å²) in [7, 11) is -1.15. The summed E-state index contributed by atoms with van der Waals surface area (Å²) in [6.07, 6.45) is -2.30. The van der Waals surface area contributed by atoms with E-state index in [9.17, 15) is 31.6 Å². The van der Waals surface area contributed by atoms with E-state index in [1.165, 1.54) is 47.5 Å². The fourth-order valence-electron chi connectivity index (χ4n) is 3.87. The Morgan fingerprint density at radius 2 is 1.74 bits per heavy atom. The number of carbonyl (C=O) groups excluding carboxylic acids is 1. The van der Waals surface area contributed by atoms with Crippen LogP contribution in [0.25, 0.3) is 22.2 Å². The number of ketones is 1. The van der Waals surface area contributed by atoms with Crippen LogP contribution in [0.3, 0.4) is 0 Å². The maximum Gasteiger partial charge on any atom is 0.416 e. The number of halogens is 3. The average molecular weight is 539 g/mol. The molecule has 0 bridgehead atoms. The first kappa shape index (κ1) is 26.6. The van der Waals surface area contributed by atoms with E-state index in [1.807, 2.05) is 0 Å². The molecular weight excluding hydrogens is 517 g/mol. The van der Waals surface area contributed by atoms with Gasteiger partial charge in [-0.15, -0.1) is 0 Å². The van der Waals surface area contributed by atoms with E-state index in [4.69, 9.17) is 0 Å². The van der Waals surface area contributed by atoms with Crippen molar-refractivity contribution in [3.8, 4) is 17.3 Å². The Bertz CT molecular complexity index is 1730. The van der Waals surface area contributed by atoms with Crippen molar-refractivity contribution < 1.29 is 26.4 Å². The Morgan fingerprint density at radius 1 is 1.05 bits per heavy atom. The Hall–Kier alpha value is -4.43. The van der Waals surface area contributed by atoms with Gasteiger partial charge in [-0.1, -0.05) is 29.8 Å². The van der Waals surface area contributed by atoms with E-state index in [1.54, 1.807) is 39.2 Å². The number of aromatic nitrogens is 2. The highest BCUT2D eigenvalue weighted by Gasteiger charge is 2.31. The molecule has 0 aliphatic rings. The van der Waals surface area contributed by atoms with Gasteiger partial charge in [-0.25, -0.2) is 12.4 Å². The minimum absolute atomic E-state index is 0.0275. The van der Waals surface area contributed by atoms with Crippen molar-refractivity contribution in [3.05, 3.63) is 95.5 Å². The van der Waals surface area contributed by atoms with E-state index in [-0.39, 0.29) is 32.9 Å². The van der Waals surface area contributed by atoms with Crippen LogP contribution in [0.1, 0.15) is 21.6 Å². The zero-order valence-electron chi connectivity index (χ0n) is 20.5. The minimum atomic E-state index is -4.59. The molecule has 0 aliphatic carbocycles. The first-order chi connectivity index (χ1) is 17.8. The Labute approximate surface area is 217 Å². The minimum Gasteiger partial charge on any atom is -0.382 e. The molecule has 0 aliphatic heterocycles. The SMILES string of the molecule is Cc1ccc(S(=O)(=O)n2c(C(=O)/C(C#N)=C\N(C)C)cc3ccc(-c4cc(C(F)(F)F)ccn4)cc32)cc1. The van der Waals surface area contributed by atoms with Gasteiger partial charge in [-0.05, 0) is 43.3 Å². The maximum absolute atomic E-state index is 13.8. The number of Topliss-reactive ketones (excluding diaryl/α,β-unsaturated/α-hetero) is 1. The number of rotatable bonds is 6. The molecule has 0 radical (unpaired) electrons. The van der Waals surface area contributed by atoms with Crippen molar-refractivity contribution >= 4 is 26.7 Å². The topological polar surface area (TPSA) is 96.1 Å². The van der Waals surface area contributed by atoms with Crippen LogP contribution in [0.2, 0.25) is 0 Å². The van der Waals surface area contributed by atoms with Crippen molar-refractivity contribution in [3.63, 3.8) is 0 Å². The van der Waals surface area contributed by atoms with Gasteiger partial charge in [-0.2, -0.15) is 18.4 Å². The number of benzene rings is 2. The average Bonchev–Trinajstić information content (AvgIpc) is 3.26. The number of allylic oxidation sites excluding steroid dienone is 1. The number of hydrogen-bond donors (Lipinski definition) is 0. The molecule has 0 atom stereocenters. The molecule has 38 heavy (non-hydrogen) atoms. The molecule has 0 saturated heterocycles. The number of carbonyl (C=O) groups is 1. The molecule has 0 unspecified atom stereocenters. The van der Waals surface area contributed by atoms with Gasteiger partial charge >= 0.3 is 6.18 Å². The van der Waals surface area contributed by atoms with Gasteiger partial charge in [0.25, 0.3) is 10.0 Å². The van der Waals surface area contributed by atoms with Gasteiger partial charge in [0.05, 0.1) is 21.7 Å². The van der Waals surface area contributed by atoms with Crippen LogP contribution in [0.5, 0.6) is 0 Å². The van der Waals surface area contributed by atoms with Crippen LogP contribution in [-0.4, -0.2) is 42.2 Å². The molecule has 2 heterocycles. The molecule has 0 spiro atoms. The van der Waals surface area contributed by atoms with Crippen molar-refractivity contribution in [1.29, 1.82) is 5.26 Å². The van der Waals surface area contributed by atoms with Crippen molar-refractivity contribution in [1.82, 2.24) is 13.9 Å². The van der Waals surface area contributed by atoms with Crippen LogP contribution >= 0.6 is 0 Å². The Balaban J connectivity index is 2.01. The van der Waals surface area contributed by atoms with Crippen LogP contribution in [-0.2, 0) is 16.2 Å². The highest BCUT2D eigenvalue weighted by molar-refractivity contribution is 7.90.